The van der Waals surface area contributed by atoms with Crippen LogP contribution in [0.5, 0.6) is 5.75 Å². The van der Waals surface area contributed by atoms with Crippen LogP contribution in [0.15, 0.2) is 47.1 Å². The lowest BCUT2D eigenvalue weighted by Gasteiger charge is -2.26. The van der Waals surface area contributed by atoms with Crippen LogP contribution in [0, 0.1) is 20.8 Å². The Balaban J connectivity index is 0.00000320. The van der Waals surface area contributed by atoms with Crippen LogP contribution < -0.4 is 9.64 Å². The zero-order valence-electron chi connectivity index (χ0n) is 18.7. The summed E-state index contributed by atoms with van der Waals surface area (Å²) < 4.78 is 6.68. The van der Waals surface area contributed by atoms with Gasteiger partial charge in [0, 0.05) is 24.3 Å². The number of aliphatic hydroxyl groups is 1. The Kier molecular flexibility index (Phi) is 12.9. The molecule has 32 heavy (non-hydrogen) atoms. The second-order valence-electron chi connectivity index (χ2n) is 7.28. The predicted octanol–water partition coefficient (Wildman–Crippen LogP) is 5.05. The van der Waals surface area contributed by atoms with Crippen molar-refractivity contribution >= 4 is 46.4 Å². The molecular formula is C23H32BrCl2N3O3. The number of rotatable bonds is 8. The van der Waals surface area contributed by atoms with E-state index < -0.39 is 6.10 Å². The standard InChI is InChI=1S/C23H28BrN3O2.2ClH.H2O/c1-5-27(19-9-6-15(2)16(3)12-19)13-20(28)14-29-21-10-7-18(8-11-21)23-25-17(4)22(24)26-23;;;/h6-12,20,28H,5,13-14H2,1-4H3,(H,25,26);2*1H;1H2/t20-;;;/m0.../s1. The third kappa shape index (κ3) is 7.67. The third-order valence-electron chi connectivity index (χ3n) is 5.06. The average Bonchev–Trinajstić information content (AvgIpc) is 3.05. The summed E-state index contributed by atoms with van der Waals surface area (Å²) in [6.45, 7) is 9.85. The lowest BCUT2D eigenvalue weighted by Crippen LogP contribution is -2.35. The molecular weight excluding hydrogens is 517 g/mol. The minimum Gasteiger partial charge on any atom is -0.491 e. The van der Waals surface area contributed by atoms with Gasteiger partial charge in [-0.05, 0) is 91.1 Å². The first kappa shape index (κ1) is 30.2. The molecule has 1 aromatic heterocycles. The van der Waals surface area contributed by atoms with Crippen molar-refractivity contribution in [2.75, 3.05) is 24.6 Å². The normalized spacial score (nSPS) is 10.9. The fourth-order valence-electron chi connectivity index (χ4n) is 3.12. The molecule has 0 saturated heterocycles. The van der Waals surface area contributed by atoms with Crippen LogP contribution >= 0.6 is 40.7 Å². The first-order valence-electron chi connectivity index (χ1n) is 9.83. The van der Waals surface area contributed by atoms with Crippen molar-refractivity contribution in [3.8, 4) is 17.1 Å². The van der Waals surface area contributed by atoms with Crippen LogP contribution in [0.3, 0.4) is 0 Å². The van der Waals surface area contributed by atoms with Crippen LogP contribution in [0.2, 0.25) is 0 Å². The SMILES string of the molecule is CCN(C[C@H](O)COc1ccc(-c2nc(C)c(Br)[nH]2)cc1)c1ccc(C)c(C)c1.Cl.Cl.O. The van der Waals surface area contributed by atoms with E-state index in [-0.39, 0.29) is 36.9 Å². The molecule has 3 aromatic rings. The number of hydrogen-bond donors (Lipinski definition) is 2. The van der Waals surface area contributed by atoms with E-state index in [1.165, 1.54) is 11.1 Å². The molecule has 0 spiro atoms. The summed E-state index contributed by atoms with van der Waals surface area (Å²) >= 11 is 3.44. The van der Waals surface area contributed by atoms with E-state index in [9.17, 15) is 5.11 Å². The molecule has 0 radical (unpaired) electrons. The average molecular weight is 549 g/mol. The number of nitrogens with one attached hydrogen (secondary N) is 1. The minimum absolute atomic E-state index is 0. The Morgan fingerprint density at radius 3 is 2.25 bits per heavy atom. The number of nitrogens with zero attached hydrogens (tertiary/aromatic N) is 2. The number of hydrogen-bond acceptors (Lipinski definition) is 4. The first-order chi connectivity index (χ1) is 13.9. The molecule has 0 aliphatic rings. The number of imidazole rings is 1. The Labute approximate surface area is 210 Å². The van der Waals surface area contributed by atoms with Gasteiger partial charge in [-0.15, -0.1) is 24.8 Å². The summed E-state index contributed by atoms with van der Waals surface area (Å²) in [5.41, 5.74) is 5.56. The van der Waals surface area contributed by atoms with Crippen LogP contribution in [0.25, 0.3) is 11.4 Å². The molecule has 4 N–H and O–H groups in total. The Morgan fingerprint density at radius 1 is 1.06 bits per heavy atom. The van der Waals surface area contributed by atoms with Crippen LogP contribution in [0.4, 0.5) is 5.69 Å². The largest absolute Gasteiger partial charge is 0.491 e. The van der Waals surface area contributed by atoms with E-state index in [0.717, 1.165) is 39.7 Å². The number of aliphatic hydroxyl groups excluding tert-OH is 1. The number of benzene rings is 2. The maximum absolute atomic E-state index is 10.5. The quantitative estimate of drug-likeness (QED) is 0.412. The summed E-state index contributed by atoms with van der Waals surface area (Å²) in [6.07, 6.45) is -0.583. The molecule has 6 nitrogen and oxygen atoms in total. The maximum Gasteiger partial charge on any atom is 0.138 e. The molecule has 1 atom stereocenters. The highest BCUT2D eigenvalue weighted by Crippen LogP contribution is 2.24. The molecule has 2 aromatic carbocycles. The number of H-pyrrole nitrogens is 1. The van der Waals surface area contributed by atoms with Gasteiger partial charge in [0.05, 0.1) is 5.69 Å². The Morgan fingerprint density at radius 2 is 1.72 bits per heavy atom. The molecule has 0 unspecified atom stereocenters. The topological polar surface area (TPSA) is 92.9 Å². The van der Waals surface area contributed by atoms with E-state index in [2.05, 4.69) is 69.8 Å². The van der Waals surface area contributed by atoms with Gasteiger partial charge in [0.1, 0.15) is 28.9 Å². The highest BCUT2D eigenvalue weighted by Gasteiger charge is 2.13. The number of aryl methyl sites for hydroxylation is 3. The van der Waals surface area contributed by atoms with E-state index in [0.29, 0.717) is 6.54 Å². The second-order valence-corrected chi connectivity index (χ2v) is 8.07. The molecule has 9 heteroatoms. The van der Waals surface area contributed by atoms with Gasteiger partial charge in [-0.25, -0.2) is 4.98 Å². The van der Waals surface area contributed by atoms with Crippen molar-refractivity contribution in [1.82, 2.24) is 9.97 Å². The van der Waals surface area contributed by atoms with Gasteiger partial charge in [-0.1, -0.05) is 6.07 Å². The second kappa shape index (κ2) is 13.7. The first-order valence-corrected chi connectivity index (χ1v) is 10.6. The zero-order valence-corrected chi connectivity index (χ0v) is 21.9. The van der Waals surface area contributed by atoms with Gasteiger partial charge in [0.15, 0.2) is 0 Å². The van der Waals surface area contributed by atoms with Crippen molar-refractivity contribution in [2.24, 2.45) is 0 Å². The highest BCUT2D eigenvalue weighted by atomic mass is 79.9. The monoisotopic (exact) mass is 547 g/mol. The molecule has 3 rings (SSSR count). The predicted molar refractivity (Wildman–Crippen MR) is 140 cm³/mol. The molecule has 0 aliphatic carbocycles. The Bertz CT molecular complexity index is 948. The van der Waals surface area contributed by atoms with Crippen LogP contribution in [-0.2, 0) is 0 Å². The molecule has 0 amide bonds. The zero-order chi connectivity index (χ0) is 21.0. The maximum atomic E-state index is 10.5. The lowest BCUT2D eigenvalue weighted by molar-refractivity contribution is 0.112. The number of likely N-dealkylation sites (N-methyl/N-ethyl adjacent to an activating group) is 1. The highest BCUT2D eigenvalue weighted by molar-refractivity contribution is 9.10. The Hall–Kier alpha value is -1.77. The molecule has 0 fully saturated rings. The third-order valence-corrected chi connectivity index (χ3v) is 5.84. The fraction of sp³-hybridized carbons (Fsp3) is 0.348. The van der Waals surface area contributed by atoms with Crippen LogP contribution in [-0.4, -0.2) is 46.4 Å². The minimum atomic E-state index is -0.583. The number of aromatic nitrogens is 2. The van der Waals surface area contributed by atoms with E-state index in [1.807, 2.05) is 31.2 Å². The summed E-state index contributed by atoms with van der Waals surface area (Å²) in [6, 6.07) is 14.1. The van der Waals surface area contributed by atoms with E-state index in [1.54, 1.807) is 0 Å². The van der Waals surface area contributed by atoms with Crippen molar-refractivity contribution < 1.29 is 15.3 Å². The number of ether oxygens (including phenoxy) is 1. The summed E-state index contributed by atoms with van der Waals surface area (Å²) in [4.78, 5) is 9.85. The van der Waals surface area contributed by atoms with Crippen molar-refractivity contribution in [3.63, 3.8) is 0 Å². The van der Waals surface area contributed by atoms with Crippen molar-refractivity contribution in [1.29, 1.82) is 0 Å². The summed E-state index contributed by atoms with van der Waals surface area (Å²) in [7, 11) is 0. The van der Waals surface area contributed by atoms with E-state index in [4.69, 9.17) is 4.74 Å². The van der Waals surface area contributed by atoms with Crippen molar-refractivity contribution in [3.05, 3.63) is 63.9 Å². The lowest BCUT2D eigenvalue weighted by atomic mass is 10.1. The molecule has 0 bridgehead atoms. The fourth-order valence-corrected chi connectivity index (χ4v) is 3.40. The van der Waals surface area contributed by atoms with Gasteiger partial charge in [-0.3, -0.25) is 0 Å². The number of aromatic amines is 1. The number of anilines is 1. The van der Waals surface area contributed by atoms with E-state index >= 15 is 0 Å². The molecule has 178 valence electrons. The number of halogens is 3. The van der Waals surface area contributed by atoms with Gasteiger partial charge in [0.25, 0.3) is 0 Å². The van der Waals surface area contributed by atoms with Gasteiger partial charge >= 0.3 is 0 Å². The molecule has 1 heterocycles. The van der Waals surface area contributed by atoms with Crippen LogP contribution in [0.1, 0.15) is 23.7 Å². The van der Waals surface area contributed by atoms with Gasteiger partial charge in [0.2, 0.25) is 0 Å². The van der Waals surface area contributed by atoms with Crippen molar-refractivity contribution in [2.45, 2.75) is 33.8 Å². The molecule has 0 aliphatic heterocycles. The van der Waals surface area contributed by atoms with Gasteiger partial charge in [-0.2, -0.15) is 0 Å². The summed E-state index contributed by atoms with van der Waals surface area (Å²) in [5, 5.41) is 10.5. The van der Waals surface area contributed by atoms with Gasteiger partial charge < -0.3 is 25.2 Å². The summed E-state index contributed by atoms with van der Waals surface area (Å²) in [5.74, 6) is 1.54. The smallest absolute Gasteiger partial charge is 0.138 e. The molecule has 0 saturated carbocycles.